The molecule has 1 heterocycles. The summed E-state index contributed by atoms with van der Waals surface area (Å²) >= 11 is 0. The Bertz CT molecular complexity index is 173. The number of rotatable bonds is 2. The number of likely N-dealkylation sites (tertiary alicyclic amines) is 1. The molecule has 70 valence electrons. The Kier molecular flexibility index (Phi) is 2.88. The molecule has 0 aliphatic carbocycles. The van der Waals surface area contributed by atoms with Crippen molar-refractivity contribution in [1.29, 1.82) is 0 Å². The smallest absolute Gasteiger partial charge is 0.407 e. The largest absolute Gasteiger partial charge is 0.465 e. The number of hydrogen-bond donors (Lipinski definition) is 2. The van der Waals surface area contributed by atoms with E-state index in [-0.39, 0.29) is 12.6 Å². The van der Waals surface area contributed by atoms with Gasteiger partial charge in [0.1, 0.15) is 0 Å². The number of aliphatic hydroxyl groups is 1. The fraction of sp³-hybridized carbons (Fsp3) is 0.857. The van der Waals surface area contributed by atoms with Gasteiger partial charge < -0.3 is 19.8 Å². The first-order chi connectivity index (χ1) is 5.65. The van der Waals surface area contributed by atoms with Gasteiger partial charge in [-0.05, 0) is 6.42 Å². The van der Waals surface area contributed by atoms with Gasteiger partial charge in [-0.2, -0.15) is 0 Å². The Labute approximate surface area is 70.5 Å². The molecule has 0 aromatic heterocycles. The van der Waals surface area contributed by atoms with Gasteiger partial charge in [0.15, 0.2) is 0 Å². The van der Waals surface area contributed by atoms with E-state index in [4.69, 9.17) is 9.84 Å². The Balaban J connectivity index is 2.53. The Morgan fingerprint density at radius 2 is 2.42 bits per heavy atom. The lowest BCUT2D eigenvalue weighted by atomic mass is 10.2. The third-order valence-electron chi connectivity index (χ3n) is 2.00. The van der Waals surface area contributed by atoms with E-state index in [0.29, 0.717) is 13.0 Å². The van der Waals surface area contributed by atoms with Crippen LogP contribution in [0.2, 0.25) is 0 Å². The van der Waals surface area contributed by atoms with Gasteiger partial charge >= 0.3 is 6.09 Å². The van der Waals surface area contributed by atoms with E-state index in [1.165, 1.54) is 12.0 Å². The molecule has 0 saturated carbocycles. The number of carboxylic acid groups (broad SMARTS) is 1. The van der Waals surface area contributed by atoms with Gasteiger partial charge in [-0.1, -0.05) is 0 Å². The molecule has 1 aliphatic rings. The summed E-state index contributed by atoms with van der Waals surface area (Å²) in [5.41, 5.74) is 0. The molecule has 1 saturated heterocycles. The van der Waals surface area contributed by atoms with Crippen LogP contribution in [0.1, 0.15) is 6.42 Å². The van der Waals surface area contributed by atoms with Crippen LogP contribution in [0.3, 0.4) is 0 Å². The monoisotopic (exact) mass is 175 g/mol. The molecule has 0 unspecified atom stereocenters. The maximum atomic E-state index is 10.6. The fourth-order valence-electron chi connectivity index (χ4n) is 1.48. The maximum Gasteiger partial charge on any atom is 0.407 e. The van der Waals surface area contributed by atoms with Crippen LogP contribution in [0.4, 0.5) is 4.79 Å². The van der Waals surface area contributed by atoms with Gasteiger partial charge in [0.2, 0.25) is 0 Å². The van der Waals surface area contributed by atoms with E-state index in [0.717, 1.165) is 0 Å². The molecule has 0 bridgehead atoms. The van der Waals surface area contributed by atoms with Crippen LogP contribution in [-0.4, -0.2) is 53.6 Å². The first-order valence-corrected chi connectivity index (χ1v) is 3.81. The van der Waals surface area contributed by atoms with Gasteiger partial charge in [-0.25, -0.2) is 4.79 Å². The molecule has 1 fully saturated rings. The van der Waals surface area contributed by atoms with Crippen LogP contribution < -0.4 is 0 Å². The summed E-state index contributed by atoms with van der Waals surface area (Å²) in [6, 6.07) is -0.192. The molecule has 0 aromatic rings. The first kappa shape index (κ1) is 9.28. The van der Waals surface area contributed by atoms with E-state index in [1.54, 1.807) is 0 Å². The van der Waals surface area contributed by atoms with Crippen molar-refractivity contribution >= 4 is 6.09 Å². The lowest BCUT2D eigenvalue weighted by Crippen LogP contribution is -2.37. The number of carbonyl (C=O) groups is 1. The summed E-state index contributed by atoms with van der Waals surface area (Å²) in [7, 11) is 1.52. The molecular formula is C7H13NO4. The standard InChI is InChI=1S/C7H13NO4/c1-12-4-5-2-6(9)3-8(5)7(10)11/h5-6,9H,2-4H2,1H3,(H,10,11)/t5-,6+/m0/s1. The van der Waals surface area contributed by atoms with E-state index >= 15 is 0 Å². The second kappa shape index (κ2) is 3.73. The molecule has 0 spiro atoms. The van der Waals surface area contributed by atoms with Crippen LogP contribution >= 0.6 is 0 Å². The molecule has 0 radical (unpaired) electrons. The van der Waals surface area contributed by atoms with Crippen LogP contribution in [0, 0.1) is 0 Å². The second-order valence-electron chi connectivity index (χ2n) is 2.93. The predicted octanol–water partition coefficient (Wildman–Crippen LogP) is -0.254. The highest BCUT2D eigenvalue weighted by Crippen LogP contribution is 2.17. The molecule has 0 aromatic carbocycles. The number of nitrogens with zero attached hydrogens (tertiary/aromatic N) is 1. The molecule has 5 nitrogen and oxygen atoms in total. The van der Waals surface area contributed by atoms with Crippen molar-refractivity contribution in [2.45, 2.75) is 18.6 Å². The van der Waals surface area contributed by atoms with Crippen LogP contribution in [0.5, 0.6) is 0 Å². The Morgan fingerprint density at radius 1 is 1.75 bits per heavy atom. The Morgan fingerprint density at radius 3 is 2.92 bits per heavy atom. The third-order valence-corrected chi connectivity index (χ3v) is 2.00. The number of amides is 1. The van der Waals surface area contributed by atoms with Crippen LogP contribution in [-0.2, 0) is 4.74 Å². The number of hydrogen-bond acceptors (Lipinski definition) is 3. The lowest BCUT2D eigenvalue weighted by Gasteiger charge is -2.19. The fourth-order valence-corrected chi connectivity index (χ4v) is 1.48. The average Bonchev–Trinajstić information content (AvgIpc) is 2.32. The quantitative estimate of drug-likeness (QED) is 0.607. The summed E-state index contributed by atoms with van der Waals surface area (Å²) in [5.74, 6) is 0. The summed E-state index contributed by atoms with van der Waals surface area (Å²) in [5, 5.41) is 17.9. The number of aliphatic hydroxyl groups excluding tert-OH is 1. The highest BCUT2D eigenvalue weighted by molar-refractivity contribution is 5.66. The normalized spacial score (nSPS) is 29.3. The molecule has 1 amide bonds. The Hall–Kier alpha value is -0.810. The molecule has 5 heteroatoms. The second-order valence-corrected chi connectivity index (χ2v) is 2.93. The average molecular weight is 175 g/mol. The summed E-state index contributed by atoms with van der Waals surface area (Å²) in [4.78, 5) is 11.8. The van der Waals surface area contributed by atoms with Crippen molar-refractivity contribution in [1.82, 2.24) is 4.90 Å². The minimum absolute atomic E-state index is 0.192. The van der Waals surface area contributed by atoms with Gasteiger partial charge in [-0.15, -0.1) is 0 Å². The summed E-state index contributed by atoms with van der Waals surface area (Å²) < 4.78 is 4.84. The molecule has 2 atom stereocenters. The number of β-amino-alcohol motifs (C(OH)–C–C–N with tert-alkyl or cyclic N) is 1. The maximum absolute atomic E-state index is 10.6. The molecule has 12 heavy (non-hydrogen) atoms. The first-order valence-electron chi connectivity index (χ1n) is 3.81. The van der Waals surface area contributed by atoms with Crippen LogP contribution in [0.25, 0.3) is 0 Å². The van der Waals surface area contributed by atoms with E-state index in [9.17, 15) is 9.90 Å². The predicted molar refractivity (Wildman–Crippen MR) is 41.0 cm³/mol. The van der Waals surface area contributed by atoms with Crippen molar-refractivity contribution in [3.63, 3.8) is 0 Å². The van der Waals surface area contributed by atoms with Crippen molar-refractivity contribution in [2.24, 2.45) is 0 Å². The molecular weight excluding hydrogens is 162 g/mol. The van der Waals surface area contributed by atoms with Crippen molar-refractivity contribution < 1.29 is 19.7 Å². The van der Waals surface area contributed by atoms with E-state index < -0.39 is 12.2 Å². The number of methoxy groups -OCH3 is 1. The van der Waals surface area contributed by atoms with E-state index in [1.807, 2.05) is 0 Å². The lowest BCUT2D eigenvalue weighted by molar-refractivity contribution is 0.0985. The zero-order valence-corrected chi connectivity index (χ0v) is 6.93. The molecule has 1 aliphatic heterocycles. The van der Waals surface area contributed by atoms with Crippen LogP contribution in [0.15, 0.2) is 0 Å². The highest BCUT2D eigenvalue weighted by atomic mass is 16.5. The van der Waals surface area contributed by atoms with Gasteiger partial charge in [-0.3, -0.25) is 0 Å². The zero-order valence-electron chi connectivity index (χ0n) is 6.93. The topological polar surface area (TPSA) is 70.0 Å². The zero-order chi connectivity index (χ0) is 9.14. The van der Waals surface area contributed by atoms with Gasteiger partial charge in [0.25, 0.3) is 0 Å². The van der Waals surface area contributed by atoms with Gasteiger partial charge in [0.05, 0.1) is 25.3 Å². The van der Waals surface area contributed by atoms with Crippen molar-refractivity contribution in [2.75, 3.05) is 20.3 Å². The summed E-state index contributed by atoms with van der Waals surface area (Å²) in [6.07, 6.45) is -1.06. The highest BCUT2D eigenvalue weighted by Gasteiger charge is 2.33. The SMILES string of the molecule is COC[C@@H]1C[C@@H](O)CN1C(=O)O. The molecule has 1 rings (SSSR count). The van der Waals surface area contributed by atoms with E-state index in [2.05, 4.69) is 0 Å². The molecule has 2 N–H and O–H groups in total. The van der Waals surface area contributed by atoms with Crippen molar-refractivity contribution in [3.8, 4) is 0 Å². The minimum Gasteiger partial charge on any atom is -0.465 e. The third kappa shape index (κ3) is 1.86. The van der Waals surface area contributed by atoms with Gasteiger partial charge in [0, 0.05) is 7.11 Å². The minimum atomic E-state index is -0.992. The number of ether oxygens (including phenoxy) is 1. The van der Waals surface area contributed by atoms with Crippen molar-refractivity contribution in [3.05, 3.63) is 0 Å². The summed E-state index contributed by atoms with van der Waals surface area (Å²) in [6.45, 7) is 0.548.